The summed E-state index contributed by atoms with van der Waals surface area (Å²) in [5.74, 6) is 1.02. The minimum atomic E-state index is 0.946. The fourth-order valence-corrected chi connectivity index (χ4v) is 3.15. The molecular formula is C17H20N6. The van der Waals surface area contributed by atoms with Gasteiger partial charge in [-0.15, -0.1) is 0 Å². The number of nitrogens with zero attached hydrogens (tertiary/aromatic N) is 6. The van der Waals surface area contributed by atoms with E-state index in [-0.39, 0.29) is 0 Å². The van der Waals surface area contributed by atoms with Gasteiger partial charge in [0.15, 0.2) is 5.65 Å². The Labute approximate surface area is 135 Å². The van der Waals surface area contributed by atoms with E-state index in [2.05, 4.69) is 36.5 Å². The number of hydrogen-bond donors (Lipinski definition) is 0. The lowest BCUT2D eigenvalue weighted by Gasteiger charge is -2.35. The number of imidazole rings is 1. The zero-order chi connectivity index (χ0) is 15.6. The van der Waals surface area contributed by atoms with Gasteiger partial charge in [0.2, 0.25) is 5.95 Å². The summed E-state index contributed by atoms with van der Waals surface area (Å²) in [5.41, 5.74) is 3.23. The Balaban J connectivity index is 1.45. The molecule has 1 aliphatic rings. The molecule has 0 aliphatic carbocycles. The maximum atomic E-state index is 4.74. The number of pyridine rings is 2. The van der Waals surface area contributed by atoms with Crippen LogP contribution in [0.4, 0.5) is 5.95 Å². The van der Waals surface area contributed by atoms with Gasteiger partial charge in [-0.2, -0.15) is 0 Å². The number of rotatable bonds is 3. The van der Waals surface area contributed by atoms with Crippen LogP contribution < -0.4 is 4.90 Å². The Kier molecular flexibility index (Phi) is 3.67. The summed E-state index contributed by atoms with van der Waals surface area (Å²) in [6.45, 7) is 5.04. The Morgan fingerprint density at radius 3 is 2.52 bits per heavy atom. The van der Waals surface area contributed by atoms with Crippen molar-refractivity contribution >= 4 is 17.1 Å². The molecule has 1 fully saturated rings. The predicted molar refractivity (Wildman–Crippen MR) is 90.2 cm³/mol. The second-order valence-corrected chi connectivity index (χ2v) is 5.94. The predicted octanol–water partition coefficient (Wildman–Crippen LogP) is 1.69. The molecule has 23 heavy (non-hydrogen) atoms. The quantitative estimate of drug-likeness (QED) is 0.737. The Hall–Kier alpha value is -2.47. The van der Waals surface area contributed by atoms with Crippen LogP contribution in [-0.4, -0.2) is 50.6 Å². The second-order valence-electron chi connectivity index (χ2n) is 5.94. The molecule has 3 aromatic rings. The summed E-state index contributed by atoms with van der Waals surface area (Å²) in [5, 5.41) is 0. The van der Waals surface area contributed by atoms with Crippen molar-refractivity contribution in [1.82, 2.24) is 24.4 Å². The van der Waals surface area contributed by atoms with Crippen LogP contribution in [0, 0.1) is 0 Å². The van der Waals surface area contributed by atoms with Gasteiger partial charge < -0.3 is 4.90 Å². The average Bonchev–Trinajstić information content (AvgIpc) is 2.94. The minimum absolute atomic E-state index is 0.946. The van der Waals surface area contributed by atoms with Gasteiger partial charge in [-0.1, -0.05) is 0 Å². The third-order valence-electron chi connectivity index (χ3n) is 4.41. The zero-order valence-corrected chi connectivity index (χ0v) is 13.3. The molecule has 0 N–H and O–H groups in total. The highest BCUT2D eigenvalue weighted by Crippen LogP contribution is 2.20. The molecule has 1 aliphatic heterocycles. The molecule has 6 nitrogen and oxygen atoms in total. The smallest absolute Gasteiger partial charge is 0.207 e. The first kappa shape index (κ1) is 14.1. The van der Waals surface area contributed by atoms with E-state index in [1.807, 2.05) is 37.8 Å². The van der Waals surface area contributed by atoms with Gasteiger partial charge >= 0.3 is 0 Å². The van der Waals surface area contributed by atoms with Crippen molar-refractivity contribution in [3.8, 4) is 0 Å². The lowest BCUT2D eigenvalue weighted by atomic mass is 10.2. The first-order valence-electron chi connectivity index (χ1n) is 7.95. The van der Waals surface area contributed by atoms with Crippen LogP contribution in [-0.2, 0) is 13.6 Å². The fourth-order valence-electron chi connectivity index (χ4n) is 3.15. The van der Waals surface area contributed by atoms with E-state index in [1.54, 1.807) is 0 Å². The number of aryl methyl sites for hydroxylation is 1. The first-order chi connectivity index (χ1) is 11.3. The van der Waals surface area contributed by atoms with Crippen LogP contribution in [0.1, 0.15) is 5.56 Å². The van der Waals surface area contributed by atoms with Crippen molar-refractivity contribution in [2.45, 2.75) is 6.54 Å². The normalized spacial score (nSPS) is 16.1. The molecule has 0 atom stereocenters. The SMILES string of the molecule is Cn1c(N2CCN(Cc3ccncc3)CC2)nc2cccnc21. The molecule has 0 bridgehead atoms. The third kappa shape index (κ3) is 2.77. The number of hydrogen-bond acceptors (Lipinski definition) is 5. The van der Waals surface area contributed by atoms with E-state index in [1.165, 1.54) is 5.56 Å². The average molecular weight is 308 g/mol. The molecule has 0 aromatic carbocycles. The van der Waals surface area contributed by atoms with Crippen molar-refractivity contribution in [3.05, 3.63) is 48.4 Å². The molecule has 6 heteroatoms. The molecule has 0 radical (unpaired) electrons. The van der Waals surface area contributed by atoms with Gasteiger partial charge in [0, 0.05) is 58.4 Å². The summed E-state index contributed by atoms with van der Waals surface area (Å²) in [6.07, 6.45) is 5.54. The molecule has 3 aromatic heterocycles. The highest BCUT2D eigenvalue weighted by Gasteiger charge is 2.21. The summed E-state index contributed by atoms with van der Waals surface area (Å²) < 4.78 is 2.09. The molecule has 0 spiro atoms. The fraction of sp³-hybridized carbons (Fsp3) is 0.353. The highest BCUT2D eigenvalue weighted by molar-refractivity contribution is 5.74. The van der Waals surface area contributed by atoms with Gasteiger partial charge in [-0.3, -0.25) is 14.5 Å². The van der Waals surface area contributed by atoms with E-state index in [4.69, 9.17) is 4.98 Å². The number of anilines is 1. The highest BCUT2D eigenvalue weighted by atomic mass is 15.4. The summed E-state index contributed by atoms with van der Waals surface area (Å²) >= 11 is 0. The molecule has 0 amide bonds. The molecule has 4 heterocycles. The van der Waals surface area contributed by atoms with Crippen LogP contribution >= 0.6 is 0 Å². The molecule has 0 saturated carbocycles. The third-order valence-corrected chi connectivity index (χ3v) is 4.41. The first-order valence-corrected chi connectivity index (χ1v) is 7.95. The second kappa shape index (κ2) is 5.96. The topological polar surface area (TPSA) is 50.1 Å². The summed E-state index contributed by atoms with van der Waals surface area (Å²) in [7, 11) is 2.04. The van der Waals surface area contributed by atoms with Gasteiger partial charge in [-0.25, -0.2) is 9.97 Å². The number of aromatic nitrogens is 4. The van der Waals surface area contributed by atoms with E-state index in [0.717, 1.165) is 49.8 Å². The van der Waals surface area contributed by atoms with Gasteiger partial charge in [0.1, 0.15) is 5.52 Å². The molecule has 0 unspecified atom stereocenters. The van der Waals surface area contributed by atoms with E-state index in [0.29, 0.717) is 0 Å². The molecule has 118 valence electrons. The molecule has 1 saturated heterocycles. The molecule has 4 rings (SSSR count). The lowest BCUT2D eigenvalue weighted by Crippen LogP contribution is -2.46. The maximum Gasteiger partial charge on any atom is 0.207 e. The Morgan fingerprint density at radius 2 is 1.78 bits per heavy atom. The van der Waals surface area contributed by atoms with Crippen molar-refractivity contribution in [1.29, 1.82) is 0 Å². The van der Waals surface area contributed by atoms with Crippen LogP contribution in [0.15, 0.2) is 42.9 Å². The summed E-state index contributed by atoms with van der Waals surface area (Å²) in [4.78, 5) is 18.1. The Bertz CT molecular complexity index is 789. The van der Waals surface area contributed by atoms with Gasteiger partial charge in [0.05, 0.1) is 0 Å². The zero-order valence-electron chi connectivity index (χ0n) is 13.3. The largest absolute Gasteiger partial charge is 0.340 e. The number of piperazine rings is 1. The summed E-state index contributed by atoms with van der Waals surface area (Å²) in [6, 6.07) is 8.13. The van der Waals surface area contributed by atoms with Gasteiger partial charge in [-0.05, 0) is 29.8 Å². The van der Waals surface area contributed by atoms with Crippen molar-refractivity contribution < 1.29 is 0 Å². The van der Waals surface area contributed by atoms with E-state index >= 15 is 0 Å². The van der Waals surface area contributed by atoms with E-state index in [9.17, 15) is 0 Å². The van der Waals surface area contributed by atoms with E-state index < -0.39 is 0 Å². The van der Waals surface area contributed by atoms with Crippen LogP contribution in [0.5, 0.6) is 0 Å². The van der Waals surface area contributed by atoms with Gasteiger partial charge in [0.25, 0.3) is 0 Å². The molecular weight excluding hydrogens is 288 g/mol. The van der Waals surface area contributed by atoms with Crippen molar-refractivity contribution in [2.24, 2.45) is 7.05 Å². The maximum absolute atomic E-state index is 4.74. The van der Waals surface area contributed by atoms with Crippen molar-refractivity contribution in [3.63, 3.8) is 0 Å². The Morgan fingerprint density at radius 1 is 1.00 bits per heavy atom. The minimum Gasteiger partial charge on any atom is -0.340 e. The lowest BCUT2D eigenvalue weighted by molar-refractivity contribution is 0.248. The monoisotopic (exact) mass is 308 g/mol. The number of fused-ring (bicyclic) bond motifs is 1. The van der Waals surface area contributed by atoms with Crippen LogP contribution in [0.25, 0.3) is 11.2 Å². The van der Waals surface area contributed by atoms with Crippen LogP contribution in [0.2, 0.25) is 0 Å². The standard InChI is InChI=1S/C17H20N6/c1-21-16-15(3-2-6-19-16)20-17(21)23-11-9-22(10-12-23)13-14-4-7-18-8-5-14/h2-8H,9-13H2,1H3. The van der Waals surface area contributed by atoms with Crippen LogP contribution in [0.3, 0.4) is 0 Å². The van der Waals surface area contributed by atoms with Crippen molar-refractivity contribution in [2.75, 3.05) is 31.1 Å².